The largest absolute Gasteiger partial charge is 0.364 e. The minimum atomic E-state index is -0.554. The van der Waals surface area contributed by atoms with E-state index in [1.807, 2.05) is 6.07 Å². The number of carbonyl (C=O) groups is 2. The number of hydrogen-bond donors (Lipinski definition) is 2. The highest BCUT2D eigenvalue weighted by atomic mass is 16.2. The molecule has 1 heterocycles. The van der Waals surface area contributed by atoms with Gasteiger partial charge in [-0.25, -0.2) is 0 Å². The maximum Gasteiger partial charge on any atom is 0.261 e. The van der Waals surface area contributed by atoms with Crippen molar-refractivity contribution < 1.29 is 9.59 Å². The quantitative estimate of drug-likeness (QED) is 0.839. The SMILES string of the molecule is CC(=O)c1c(C)[nH]cc(C(=O)Nc2ccccc2)c1=O. The molecule has 1 aromatic heterocycles. The lowest BCUT2D eigenvalue weighted by molar-refractivity contribution is 0.101. The van der Waals surface area contributed by atoms with E-state index < -0.39 is 11.3 Å². The van der Waals surface area contributed by atoms with Crippen molar-refractivity contribution in [2.45, 2.75) is 13.8 Å². The average molecular weight is 270 g/mol. The Kier molecular flexibility index (Phi) is 3.79. The lowest BCUT2D eigenvalue weighted by Crippen LogP contribution is -2.26. The molecular formula is C15H14N2O3. The minimum absolute atomic E-state index is 0.0192. The third-order valence-electron chi connectivity index (χ3n) is 2.91. The fraction of sp³-hybridized carbons (Fsp3) is 0.133. The second-order valence-electron chi connectivity index (χ2n) is 4.41. The molecule has 0 radical (unpaired) electrons. The minimum Gasteiger partial charge on any atom is -0.364 e. The summed E-state index contributed by atoms with van der Waals surface area (Å²) in [5.74, 6) is -0.905. The van der Waals surface area contributed by atoms with Gasteiger partial charge in [0, 0.05) is 17.6 Å². The van der Waals surface area contributed by atoms with Crippen molar-refractivity contribution >= 4 is 17.4 Å². The Labute approximate surface area is 115 Å². The summed E-state index contributed by atoms with van der Waals surface area (Å²) in [6, 6.07) is 8.80. The van der Waals surface area contributed by atoms with Crippen LogP contribution in [-0.4, -0.2) is 16.7 Å². The molecule has 0 aliphatic heterocycles. The molecule has 2 aromatic rings. The van der Waals surface area contributed by atoms with Crippen molar-refractivity contribution in [3.63, 3.8) is 0 Å². The number of pyridine rings is 1. The zero-order valence-electron chi connectivity index (χ0n) is 11.2. The van der Waals surface area contributed by atoms with Crippen LogP contribution in [0.1, 0.15) is 33.3 Å². The zero-order valence-corrected chi connectivity index (χ0v) is 11.2. The second kappa shape index (κ2) is 5.52. The van der Waals surface area contributed by atoms with Crippen molar-refractivity contribution in [1.82, 2.24) is 4.98 Å². The molecule has 0 unspecified atom stereocenters. The molecule has 0 saturated carbocycles. The van der Waals surface area contributed by atoms with Gasteiger partial charge in [0.05, 0.1) is 5.56 Å². The van der Waals surface area contributed by atoms with Gasteiger partial charge in [-0.2, -0.15) is 0 Å². The highest BCUT2D eigenvalue weighted by molar-refractivity contribution is 6.06. The number of H-pyrrole nitrogens is 1. The van der Waals surface area contributed by atoms with Crippen molar-refractivity contribution in [1.29, 1.82) is 0 Å². The number of aromatic nitrogens is 1. The summed E-state index contributed by atoms with van der Waals surface area (Å²) >= 11 is 0. The molecule has 20 heavy (non-hydrogen) atoms. The Morgan fingerprint density at radius 2 is 1.80 bits per heavy atom. The molecular weight excluding hydrogens is 256 g/mol. The van der Waals surface area contributed by atoms with E-state index in [1.165, 1.54) is 13.1 Å². The van der Waals surface area contributed by atoms with Gasteiger partial charge >= 0.3 is 0 Å². The Morgan fingerprint density at radius 1 is 1.15 bits per heavy atom. The maximum absolute atomic E-state index is 12.2. The molecule has 0 bridgehead atoms. The normalized spacial score (nSPS) is 10.1. The summed E-state index contributed by atoms with van der Waals surface area (Å²) in [5, 5.41) is 2.61. The van der Waals surface area contributed by atoms with Gasteiger partial charge in [0.25, 0.3) is 5.91 Å². The number of Topliss-reactive ketones (excluding diaryl/α,β-unsaturated/α-hetero) is 1. The number of anilines is 1. The summed E-state index contributed by atoms with van der Waals surface area (Å²) in [4.78, 5) is 38.5. The van der Waals surface area contributed by atoms with E-state index in [9.17, 15) is 14.4 Å². The third kappa shape index (κ3) is 2.66. The fourth-order valence-corrected chi connectivity index (χ4v) is 1.94. The smallest absolute Gasteiger partial charge is 0.261 e. The molecule has 1 aromatic carbocycles. The van der Waals surface area contributed by atoms with E-state index in [0.29, 0.717) is 11.4 Å². The van der Waals surface area contributed by atoms with Gasteiger partial charge in [0.2, 0.25) is 5.43 Å². The predicted molar refractivity (Wildman–Crippen MR) is 76.2 cm³/mol. The monoisotopic (exact) mass is 270 g/mol. The van der Waals surface area contributed by atoms with Crippen molar-refractivity contribution in [3.8, 4) is 0 Å². The van der Waals surface area contributed by atoms with Gasteiger partial charge < -0.3 is 10.3 Å². The van der Waals surface area contributed by atoms with Crippen LogP contribution < -0.4 is 10.7 Å². The van der Waals surface area contributed by atoms with Crippen LogP contribution in [-0.2, 0) is 0 Å². The molecule has 0 saturated heterocycles. The molecule has 0 fully saturated rings. The Bertz CT molecular complexity index is 718. The van der Waals surface area contributed by atoms with Crippen molar-refractivity contribution in [2.24, 2.45) is 0 Å². The molecule has 2 N–H and O–H groups in total. The van der Waals surface area contributed by atoms with E-state index in [-0.39, 0.29) is 16.9 Å². The Morgan fingerprint density at radius 3 is 2.40 bits per heavy atom. The summed E-state index contributed by atoms with van der Waals surface area (Å²) in [5.41, 5.74) is 0.429. The van der Waals surface area contributed by atoms with Crippen LogP contribution in [0, 0.1) is 6.92 Å². The topological polar surface area (TPSA) is 79.0 Å². The number of ketones is 1. The highest BCUT2D eigenvalue weighted by Gasteiger charge is 2.17. The number of benzene rings is 1. The third-order valence-corrected chi connectivity index (χ3v) is 2.91. The Balaban J connectivity index is 2.39. The first-order valence-electron chi connectivity index (χ1n) is 6.10. The molecule has 5 heteroatoms. The van der Waals surface area contributed by atoms with Crippen LogP contribution >= 0.6 is 0 Å². The van der Waals surface area contributed by atoms with E-state index in [4.69, 9.17) is 0 Å². The van der Waals surface area contributed by atoms with Gasteiger partial charge in [0.1, 0.15) is 5.56 Å². The molecule has 2 rings (SSSR count). The van der Waals surface area contributed by atoms with Crippen LogP contribution in [0.2, 0.25) is 0 Å². The van der Waals surface area contributed by atoms with Gasteiger partial charge in [-0.3, -0.25) is 14.4 Å². The molecule has 5 nitrogen and oxygen atoms in total. The average Bonchev–Trinajstić information content (AvgIpc) is 2.39. The first-order valence-corrected chi connectivity index (χ1v) is 6.10. The first-order chi connectivity index (χ1) is 9.50. The maximum atomic E-state index is 12.2. The fourth-order valence-electron chi connectivity index (χ4n) is 1.94. The number of para-hydroxylation sites is 1. The first kappa shape index (κ1) is 13.7. The number of hydrogen-bond acceptors (Lipinski definition) is 3. The number of carbonyl (C=O) groups excluding carboxylic acids is 2. The van der Waals surface area contributed by atoms with Gasteiger partial charge in [-0.1, -0.05) is 18.2 Å². The summed E-state index contributed by atoms with van der Waals surface area (Å²) in [6.07, 6.45) is 1.32. The van der Waals surface area contributed by atoms with Crippen LogP contribution in [0.4, 0.5) is 5.69 Å². The second-order valence-corrected chi connectivity index (χ2v) is 4.41. The number of nitrogens with one attached hydrogen (secondary N) is 2. The number of aryl methyl sites for hydroxylation is 1. The lowest BCUT2D eigenvalue weighted by atomic mass is 10.1. The zero-order chi connectivity index (χ0) is 14.7. The van der Waals surface area contributed by atoms with Crippen LogP contribution in [0.15, 0.2) is 41.3 Å². The Hall–Kier alpha value is -2.69. The summed E-state index contributed by atoms with van der Waals surface area (Å²) in [6.45, 7) is 2.92. The van der Waals surface area contributed by atoms with Gasteiger partial charge in [0.15, 0.2) is 5.78 Å². The lowest BCUT2D eigenvalue weighted by Gasteiger charge is -2.07. The van der Waals surface area contributed by atoms with E-state index >= 15 is 0 Å². The van der Waals surface area contributed by atoms with E-state index in [2.05, 4.69) is 10.3 Å². The van der Waals surface area contributed by atoms with Crippen molar-refractivity contribution in [3.05, 3.63) is 63.6 Å². The molecule has 102 valence electrons. The number of rotatable bonds is 3. The molecule has 0 aliphatic rings. The number of aromatic amines is 1. The number of amides is 1. The van der Waals surface area contributed by atoms with Crippen molar-refractivity contribution in [2.75, 3.05) is 5.32 Å². The predicted octanol–water partition coefficient (Wildman–Crippen LogP) is 2.14. The van der Waals surface area contributed by atoms with Crippen LogP contribution in [0.5, 0.6) is 0 Å². The molecule has 0 aliphatic carbocycles. The highest BCUT2D eigenvalue weighted by Crippen LogP contribution is 2.08. The molecule has 0 spiro atoms. The van der Waals surface area contributed by atoms with Gasteiger partial charge in [-0.15, -0.1) is 0 Å². The van der Waals surface area contributed by atoms with Gasteiger partial charge in [-0.05, 0) is 26.0 Å². The van der Waals surface area contributed by atoms with E-state index in [0.717, 1.165) is 0 Å². The molecule has 0 atom stereocenters. The summed E-state index contributed by atoms with van der Waals surface area (Å²) < 4.78 is 0. The summed E-state index contributed by atoms with van der Waals surface area (Å²) in [7, 11) is 0. The standard InChI is InChI=1S/C15H14N2O3/c1-9-13(10(2)18)14(19)12(8-16-9)15(20)17-11-6-4-3-5-7-11/h3-8H,1-2H3,(H,16,19)(H,17,20). The van der Waals surface area contributed by atoms with Crippen LogP contribution in [0.25, 0.3) is 0 Å². The van der Waals surface area contributed by atoms with Crippen LogP contribution in [0.3, 0.4) is 0 Å². The van der Waals surface area contributed by atoms with E-state index in [1.54, 1.807) is 31.2 Å². The molecule has 1 amide bonds.